The fourth-order valence-electron chi connectivity index (χ4n) is 3.88. The topological polar surface area (TPSA) is 114 Å². The molecule has 0 fully saturated rings. The second-order valence-corrected chi connectivity index (χ2v) is 8.38. The highest BCUT2D eigenvalue weighted by atomic mass is 16.5. The van der Waals surface area contributed by atoms with Crippen LogP contribution < -0.4 is 20.1 Å². The number of methoxy groups -OCH3 is 2. The lowest BCUT2D eigenvalue weighted by molar-refractivity contribution is -0.119. The number of guanidine groups is 1. The van der Waals surface area contributed by atoms with E-state index in [1.165, 1.54) is 0 Å². The number of fused-ring (bicyclic) bond motifs is 1. The second kappa shape index (κ2) is 11.4. The van der Waals surface area contributed by atoms with Gasteiger partial charge in [-0.2, -0.15) is 0 Å². The molecule has 36 heavy (non-hydrogen) atoms. The van der Waals surface area contributed by atoms with E-state index in [2.05, 4.69) is 30.6 Å². The molecule has 2 aromatic heterocycles. The Morgan fingerprint density at radius 2 is 1.67 bits per heavy atom. The minimum atomic E-state index is -0.201. The van der Waals surface area contributed by atoms with Crippen LogP contribution in [0.4, 0.5) is 5.95 Å². The molecule has 4 rings (SSSR count). The Kier molecular flexibility index (Phi) is 7.79. The first-order chi connectivity index (χ1) is 17.4. The Bertz CT molecular complexity index is 1360. The predicted molar refractivity (Wildman–Crippen MR) is 141 cm³/mol. The largest absolute Gasteiger partial charge is 0.497 e. The Balaban J connectivity index is 1.50. The number of hydrogen-bond acceptors (Lipinski definition) is 6. The van der Waals surface area contributed by atoms with Crippen LogP contribution in [0.1, 0.15) is 22.5 Å². The number of aromatic nitrogens is 3. The molecule has 0 aliphatic carbocycles. The van der Waals surface area contributed by atoms with Crippen molar-refractivity contribution in [1.29, 1.82) is 0 Å². The molecule has 0 atom stereocenters. The minimum Gasteiger partial charge on any atom is -0.497 e. The van der Waals surface area contributed by atoms with Gasteiger partial charge in [-0.05, 0) is 67.8 Å². The highest BCUT2D eigenvalue weighted by Gasteiger charge is 2.11. The van der Waals surface area contributed by atoms with Gasteiger partial charge in [0.15, 0.2) is 0 Å². The van der Waals surface area contributed by atoms with Gasteiger partial charge in [-0.1, -0.05) is 12.1 Å². The number of nitrogens with zero attached hydrogens (tertiary/aromatic N) is 3. The normalized spacial score (nSPS) is 11.4. The summed E-state index contributed by atoms with van der Waals surface area (Å²) in [6, 6.07) is 15.2. The van der Waals surface area contributed by atoms with E-state index in [4.69, 9.17) is 9.47 Å². The molecule has 0 aliphatic rings. The van der Waals surface area contributed by atoms with Crippen molar-refractivity contribution in [2.45, 2.75) is 26.7 Å². The molecule has 2 aromatic carbocycles. The summed E-state index contributed by atoms with van der Waals surface area (Å²) in [5, 5.41) is 7.04. The van der Waals surface area contributed by atoms with Crippen LogP contribution in [0.3, 0.4) is 0 Å². The number of carbonyl (C=O) groups is 1. The van der Waals surface area contributed by atoms with Crippen LogP contribution in [0.15, 0.2) is 59.7 Å². The molecular weight excluding hydrogens is 456 g/mol. The number of ether oxygens (including phenoxy) is 2. The number of aryl methyl sites for hydroxylation is 2. The van der Waals surface area contributed by atoms with Crippen LogP contribution in [0.25, 0.3) is 10.9 Å². The number of hydrogen-bond donors (Lipinski definition) is 3. The van der Waals surface area contributed by atoms with E-state index < -0.39 is 0 Å². The van der Waals surface area contributed by atoms with Crippen LogP contribution in [-0.2, 0) is 17.6 Å². The number of H-pyrrole nitrogens is 1. The van der Waals surface area contributed by atoms with Gasteiger partial charge >= 0.3 is 0 Å². The monoisotopic (exact) mass is 486 g/mol. The van der Waals surface area contributed by atoms with Crippen molar-refractivity contribution in [2.24, 2.45) is 4.99 Å². The van der Waals surface area contributed by atoms with Crippen LogP contribution >= 0.6 is 0 Å². The van der Waals surface area contributed by atoms with Crippen molar-refractivity contribution in [1.82, 2.24) is 20.3 Å². The third kappa shape index (κ3) is 6.38. The maximum absolute atomic E-state index is 12.8. The molecule has 4 aromatic rings. The molecule has 0 spiro atoms. The number of aliphatic imine (C=N–C) groups is 1. The molecule has 3 N–H and O–H groups in total. The number of aromatic amines is 1. The fourth-order valence-corrected chi connectivity index (χ4v) is 3.88. The summed E-state index contributed by atoms with van der Waals surface area (Å²) >= 11 is 0. The summed E-state index contributed by atoms with van der Waals surface area (Å²) in [4.78, 5) is 29.6. The summed E-state index contributed by atoms with van der Waals surface area (Å²) in [5.74, 6) is 2.02. The number of amides is 1. The van der Waals surface area contributed by atoms with Gasteiger partial charge in [0.25, 0.3) is 0 Å². The van der Waals surface area contributed by atoms with E-state index >= 15 is 0 Å². The highest BCUT2D eigenvalue weighted by molar-refractivity contribution is 6.03. The van der Waals surface area contributed by atoms with Gasteiger partial charge in [0, 0.05) is 35.0 Å². The standard InChI is InChI=1S/C27H30N6O3/c1-17-13-18(2)31-27(30-17)33-26(32-25(34)14-19-5-7-21(35-3)8-6-19)28-12-11-20-16-29-24-10-9-22(36-4)15-23(20)24/h5-10,13,15-16,29H,11-12,14H2,1-4H3,(H2,28,30,31,32,33,34). The Morgan fingerprint density at radius 3 is 2.36 bits per heavy atom. The average molecular weight is 487 g/mol. The fraction of sp³-hybridized carbons (Fsp3) is 0.259. The van der Waals surface area contributed by atoms with E-state index in [0.717, 1.165) is 44.9 Å². The number of benzene rings is 2. The quantitative estimate of drug-likeness (QED) is 0.257. The summed E-state index contributed by atoms with van der Waals surface area (Å²) in [6.07, 6.45) is 2.84. The summed E-state index contributed by atoms with van der Waals surface area (Å²) in [7, 11) is 3.26. The molecule has 1 amide bonds. The maximum atomic E-state index is 12.8. The Labute approximate surface area is 210 Å². The smallest absolute Gasteiger partial charge is 0.231 e. The van der Waals surface area contributed by atoms with Crippen molar-refractivity contribution in [3.8, 4) is 11.5 Å². The predicted octanol–water partition coefficient (Wildman–Crippen LogP) is 3.96. The molecule has 2 heterocycles. The number of nitrogens with one attached hydrogen (secondary N) is 3. The van der Waals surface area contributed by atoms with Gasteiger partial charge in [-0.15, -0.1) is 0 Å². The van der Waals surface area contributed by atoms with Crippen molar-refractivity contribution in [3.63, 3.8) is 0 Å². The molecule has 9 heteroatoms. The molecule has 186 valence electrons. The summed E-state index contributed by atoms with van der Waals surface area (Å²) in [6.45, 7) is 4.23. The first-order valence-electron chi connectivity index (χ1n) is 11.6. The first-order valence-corrected chi connectivity index (χ1v) is 11.6. The van der Waals surface area contributed by atoms with Crippen molar-refractivity contribution >= 4 is 28.7 Å². The highest BCUT2D eigenvalue weighted by Crippen LogP contribution is 2.24. The lowest BCUT2D eigenvalue weighted by atomic mass is 10.1. The van der Waals surface area contributed by atoms with E-state index in [-0.39, 0.29) is 12.3 Å². The van der Waals surface area contributed by atoms with Crippen LogP contribution in [0, 0.1) is 13.8 Å². The minimum absolute atomic E-state index is 0.195. The summed E-state index contributed by atoms with van der Waals surface area (Å²) in [5.41, 5.74) is 4.65. The first kappa shape index (κ1) is 24.7. The molecular formula is C27H30N6O3. The van der Waals surface area contributed by atoms with Crippen LogP contribution in [0.5, 0.6) is 11.5 Å². The molecule has 0 aliphatic heterocycles. The second-order valence-electron chi connectivity index (χ2n) is 8.38. The number of carbonyl (C=O) groups excluding carboxylic acids is 1. The maximum Gasteiger partial charge on any atom is 0.231 e. The molecule has 0 bridgehead atoms. The van der Waals surface area contributed by atoms with E-state index in [0.29, 0.717) is 24.9 Å². The Hall–Kier alpha value is -4.40. The zero-order chi connectivity index (χ0) is 25.5. The molecule has 9 nitrogen and oxygen atoms in total. The van der Waals surface area contributed by atoms with Crippen molar-refractivity contribution in [2.75, 3.05) is 26.1 Å². The van der Waals surface area contributed by atoms with E-state index in [1.807, 2.05) is 68.6 Å². The number of rotatable bonds is 8. The average Bonchev–Trinajstić information content (AvgIpc) is 3.25. The van der Waals surface area contributed by atoms with Crippen molar-refractivity contribution in [3.05, 3.63) is 77.2 Å². The van der Waals surface area contributed by atoms with Gasteiger partial charge in [0.2, 0.25) is 17.8 Å². The van der Waals surface area contributed by atoms with Gasteiger partial charge in [-0.3, -0.25) is 20.4 Å². The zero-order valence-corrected chi connectivity index (χ0v) is 20.9. The third-order valence-electron chi connectivity index (χ3n) is 5.62. The van der Waals surface area contributed by atoms with Gasteiger partial charge < -0.3 is 14.5 Å². The summed E-state index contributed by atoms with van der Waals surface area (Å²) < 4.78 is 10.5. The molecule has 0 radical (unpaired) electrons. The Morgan fingerprint density at radius 1 is 0.972 bits per heavy atom. The molecule has 0 unspecified atom stereocenters. The van der Waals surface area contributed by atoms with Gasteiger partial charge in [0.05, 0.1) is 20.6 Å². The molecule has 0 saturated heterocycles. The van der Waals surface area contributed by atoms with E-state index in [1.54, 1.807) is 14.2 Å². The third-order valence-corrected chi connectivity index (χ3v) is 5.62. The lowest BCUT2D eigenvalue weighted by Gasteiger charge is -2.12. The number of anilines is 1. The lowest BCUT2D eigenvalue weighted by Crippen LogP contribution is -2.37. The van der Waals surface area contributed by atoms with E-state index in [9.17, 15) is 4.79 Å². The van der Waals surface area contributed by atoms with Crippen molar-refractivity contribution < 1.29 is 14.3 Å². The molecule has 0 saturated carbocycles. The van der Waals surface area contributed by atoms with Gasteiger partial charge in [-0.25, -0.2) is 9.97 Å². The van der Waals surface area contributed by atoms with Crippen LogP contribution in [0.2, 0.25) is 0 Å². The zero-order valence-electron chi connectivity index (χ0n) is 20.9. The van der Waals surface area contributed by atoms with Crippen LogP contribution in [-0.4, -0.2) is 47.6 Å². The van der Waals surface area contributed by atoms with Gasteiger partial charge in [0.1, 0.15) is 11.5 Å². The SMILES string of the molecule is COc1ccc(CC(=O)NC(=NCCc2c[nH]c3ccc(OC)cc23)Nc2nc(C)cc(C)n2)cc1.